The fourth-order valence-electron chi connectivity index (χ4n) is 2.76. The van der Waals surface area contributed by atoms with E-state index >= 15 is 0 Å². The van der Waals surface area contributed by atoms with E-state index in [4.69, 9.17) is 4.74 Å². The number of ether oxygens (including phenoxy) is 1. The second kappa shape index (κ2) is 7.70. The summed E-state index contributed by atoms with van der Waals surface area (Å²) in [6.07, 6.45) is -1.13. The van der Waals surface area contributed by atoms with Crippen molar-refractivity contribution in [2.75, 3.05) is 6.61 Å². The van der Waals surface area contributed by atoms with Gasteiger partial charge in [-0.3, -0.25) is 19.1 Å². The van der Waals surface area contributed by atoms with Gasteiger partial charge in [-0.15, -0.1) is 0 Å². The standard InChI is InChI=1S/C16H18N4O7/c21-9-2-1-4-17-12(9)15(25)18-8-7-27-10(14(24)13(8)23)6-20-5-3-11(22)19-16(20)26/h1-5,8,10,13-14,21,23-24H,6-7H2,(H,18,25)(H,19,22,26)/t8-,10-,13+,14-/m1/s1. The van der Waals surface area contributed by atoms with Crippen LogP contribution in [0.5, 0.6) is 5.75 Å². The molecule has 2 aromatic heterocycles. The van der Waals surface area contributed by atoms with Gasteiger partial charge in [0, 0.05) is 18.5 Å². The van der Waals surface area contributed by atoms with Crippen LogP contribution in [0, 0.1) is 0 Å². The Kier molecular flexibility index (Phi) is 5.35. The second-order valence-electron chi connectivity index (χ2n) is 6.07. The smallest absolute Gasteiger partial charge is 0.328 e. The van der Waals surface area contributed by atoms with E-state index in [-0.39, 0.29) is 24.6 Å². The normalized spacial score (nSPS) is 25.1. The molecule has 3 rings (SSSR count). The quantitative estimate of drug-likeness (QED) is 0.391. The first-order chi connectivity index (χ1) is 12.9. The molecule has 0 aromatic carbocycles. The van der Waals surface area contributed by atoms with E-state index in [2.05, 4.69) is 15.3 Å². The lowest BCUT2D eigenvalue weighted by molar-refractivity contribution is -0.152. The maximum absolute atomic E-state index is 12.2. The van der Waals surface area contributed by atoms with Crippen LogP contribution in [-0.2, 0) is 11.3 Å². The highest BCUT2D eigenvalue weighted by Gasteiger charge is 2.39. The Balaban J connectivity index is 1.66. The molecule has 5 N–H and O–H groups in total. The molecule has 3 heterocycles. The number of aromatic hydroxyl groups is 1. The molecule has 0 bridgehead atoms. The summed E-state index contributed by atoms with van der Waals surface area (Å²) < 4.78 is 6.60. The Morgan fingerprint density at radius 1 is 1.33 bits per heavy atom. The van der Waals surface area contributed by atoms with E-state index in [1.54, 1.807) is 0 Å². The van der Waals surface area contributed by atoms with Crippen molar-refractivity contribution in [2.45, 2.75) is 30.9 Å². The maximum atomic E-state index is 12.2. The highest BCUT2D eigenvalue weighted by molar-refractivity contribution is 5.94. The van der Waals surface area contributed by atoms with Crippen molar-refractivity contribution >= 4 is 5.91 Å². The lowest BCUT2D eigenvalue weighted by Gasteiger charge is -2.38. The zero-order chi connectivity index (χ0) is 19.6. The molecule has 0 saturated carbocycles. The van der Waals surface area contributed by atoms with Crippen LogP contribution in [0.4, 0.5) is 0 Å². The van der Waals surface area contributed by atoms with Gasteiger partial charge in [-0.2, -0.15) is 0 Å². The third kappa shape index (κ3) is 4.05. The van der Waals surface area contributed by atoms with Gasteiger partial charge in [0.25, 0.3) is 11.5 Å². The zero-order valence-electron chi connectivity index (χ0n) is 14.0. The number of hydrogen-bond acceptors (Lipinski definition) is 8. The lowest BCUT2D eigenvalue weighted by atomic mass is 9.97. The maximum Gasteiger partial charge on any atom is 0.328 e. The molecule has 144 valence electrons. The molecular formula is C16H18N4O7. The van der Waals surface area contributed by atoms with Gasteiger partial charge in [-0.25, -0.2) is 9.78 Å². The SMILES string of the molecule is O=C(N[C@@H]1CO[C@H](Cn2ccc(=O)[nH]c2=O)[C@@H](O)[C@H]1O)c1ncccc1O. The van der Waals surface area contributed by atoms with E-state index < -0.39 is 41.5 Å². The molecule has 11 nitrogen and oxygen atoms in total. The Hall–Kier alpha value is -3.02. The Morgan fingerprint density at radius 2 is 2.11 bits per heavy atom. The number of aliphatic hydroxyl groups excluding tert-OH is 2. The van der Waals surface area contributed by atoms with Gasteiger partial charge in [0.15, 0.2) is 5.69 Å². The van der Waals surface area contributed by atoms with E-state index in [0.717, 1.165) is 10.6 Å². The lowest BCUT2D eigenvalue weighted by Crippen LogP contribution is -2.60. The summed E-state index contributed by atoms with van der Waals surface area (Å²) in [5.41, 5.74) is -1.45. The Labute approximate surface area is 151 Å². The summed E-state index contributed by atoms with van der Waals surface area (Å²) >= 11 is 0. The number of aromatic nitrogens is 3. The van der Waals surface area contributed by atoms with Crippen LogP contribution >= 0.6 is 0 Å². The van der Waals surface area contributed by atoms with Crippen LogP contribution < -0.4 is 16.6 Å². The number of aliphatic hydroxyl groups is 2. The molecule has 0 radical (unpaired) electrons. The topological polar surface area (TPSA) is 167 Å². The number of carbonyl (C=O) groups is 1. The molecule has 11 heteroatoms. The highest BCUT2D eigenvalue weighted by Crippen LogP contribution is 2.18. The summed E-state index contributed by atoms with van der Waals surface area (Å²) in [7, 11) is 0. The first-order valence-electron chi connectivity index (χ1n) is 8.09. The molecule has 0 unspecified atom stereocenters. The predicted molar refractivity (Wildman–Crippen MR) is 90.2 cm³/mol. The number of rotatable bonds is 4. The summed E-state index contributed by atoms with van der Waals surface area (Å²) in [5.74, 6) is -1.06. The Morgan fingerprint density at radius 3 is 2.81 bits per heavy atom. The molecule has 1 fully saturated rings. The monoisotopic (exact) mass is 378 g/mol. The third-order valence-corrected chi connectivity index (χ3v) is 4.22. The molecule has 1 saturated heterocycles. The van der Waals surface area contributed by atoms with Crippen LogP contribution in [0.2, 0.25) is 0 Å². The van der Waals surface area contributed by atoms with E-state index in [0.29, 0.717) is 0 Å². The first kappa shape index (κ1) is 18.8. The number of pyridine rings is 1. The van der Waals surface area contributed by atoms with Gasteiger partial charge in [0.05, 0.1) is 19.2 Å². The number of carbonyl (C=O) groups excluding carboxylic acids is 1. The van der Waals surface area contributed by atoms with Crippen molar-refractivity contribution in [3.05, 3.63) is 57.1 Å². The van der Waals surface area contributed by atoms with Crippen LogP contribution in [0.25, 0.3) is 0 Å². The molecular weight excluding hydrogens is 360 g/mol. The van der Waals surface area contributed by atoms with Gasteiger partial charge >= 0.3 is 5.69 Å². The van der Waals surface area contributed by atoms with E-state index in [1.807, 2.05) is 0 Å². The minimum atomic E-state index is -1.40. The van der Waals surface area contributed by atoms with Crippen molar-refractivity contribution in [1.29, 1.82) is 0 Å². The third-order valence-electron chi connectivity index (χ3n) is 4.22. The number of aromatic amines is 1. The number of hydrogen-bond donors (Lipinski definition) is 5. The highest BCUT2D eigenvalue weighted by atomic mass is 16.5. The minimum absolute atomic E-state index is 0.102. The summed E-state index contributed by atoms with van der Waals surface area (Å²) in [4.78, 5) is 40.8. The van der Waals surface area contributed by atoms with Gasteiger partial charge < -0.3 is 25.4 Å². The molecule has 4 atom stereocenters. The van der Waals surface area contributed by atoms with Gasteiger partial charge in [0.1, 0.15) is 24.1 Å². The van der Waals surface area contributed by atoms with Crippen LogP contribution in [-0.4, -0.2) is 66.7 Å². The van der Waals surface area contributed by atoms with E-state index in [1.165, 1.54) is 24.5 Å². The summed E-state index contributed by atoms with van der Waals surface area (Å²) in [5, 5.41) is 32.7. The van der Waals surface area contributed by atoms with Crippen molar-refractivity contribution in [2.24, 2.45) is 0 Å². The summed E-state index contributed by atoms with van der Waals surface area (Å²) in [6.45, 7) is -0.240. The Bertz CT molecular complexity index is 941. The largest absolute Gasteiger partial charge is 0.505 e. The minimum Gasteiger partial charge on any atom is -0.505 e. The van der Waals surface area contributed by atoms with Crippen LogP contribution in [0.15, 0.2) is 40.2 Å². The fraction of sp³-hybridized carbons (Fsp3) is 0.375. The molecule has 0 aliphatic carbocycles. The number of amides is 1. The number of nitrogens with zero attached hydrogens (tertiary/aromatic N) is 2. The number of H-pyrrole nitrogens is 1. The zero-order valence-corrected chi connectivity index (χ0v) is 14.0. The van der Waals surface area contributed by atoms with E-state index in [9.17, 15) is 29.7 Å². The first-order valence-corrected chi connectivity index (χ1v) is 8.09. The molecule has 1 amide bonds. The van der Waals surface area contributed by atoms with Crippen LogP contribution in [0.1, 0.15) is 10.5 Å². The van der Waals surface area contributed by atoms with Crippen molar-refractivity contribution in [3.8, 4) is 5.75 Å². The average molecular weight is 378 g/mol. The second-order valence-corrected chi connectivity index (χ2v) is 6.07. The summed E-state index contributed by atoms with van der Waals surface area (Å²) in [6, 6.07) is 2.95. The molecule has 1 aliphatic heterocycles. The van der Waals surface area contributed by atoms with Crippen molar-refractivity contribution in [1.82, 2.24) is 19.9 Å². The fourth-order valence-corrected chi connectivity index (χ4v) is 2.76. The van der Waals surface area contributed by atoms with Gasteiger partial charge in [-0.05, 0) is 12.1 Å². The average Bonchev–Trinajstić information content (AvgIpc) is 2.63. The van der Waals surface area contributed by atoms with Gasteiger partial charge in [0.2, 0.25) is 0 Å². The molecule has 0 spiro atoms. The van der Waals surface area contributed by atoms with Crippen molar-refractivity contribution < 1.29 is 24.9 Å². The van der Waals surface area contributed by atoms with Crippen molar-refractivity contribution in [3.63, 3.8) is 0 Å². The number of nitrogens with one attached hydrogen (secondary N) is 2. The predicted octanol–water partition coefficient (Wildman–Crippen LogP) is -2.44. The van der Waals surface area contributed by atoms with Crippen LogP contribution in [0.3, 0.4) is 0 Å². The molecule has 27 heavy (non-hydrogen) atoms. The van der Waals surface area contributed by atoms with Gasteiger partial charge in [-0.1, -0.05) is 0 Å². The molecule has 2 aromatic rings. The molecule has 1 aliphatic rings.